The molecule has 0 saturated heterocycles. The average Bonchev–Trinajstić information content (AvgIpc) is 2.83. The van der Waals surface area contributed by atoms with E-state index in [2.05, 4.69) is 15.0 Å². The molecule has 22 heavy (non-hydrogen) atoms. The number of fused-ring (bicyclic) bond motifs is 1. The topological polar surface area (TPSA) is 138 Å². The number of amides is 1. The van der Waals surface area contributed by atoms with Crippen LogP contribution in [0.1, 0.15) is 19.4 Å². The van der Waals surface area contributed by atoms with Gasteiger partial charge in [-0.05, 0) is 19.9 Å². The Balaban J connectivity index is 2.38. The number of hydrogen-bond donors (Lipinski definition) is 3. The Morgan fingerprint density at radius 2 is 2.36 bits per heavy atom. The molecule has 0 spiro atoms. The summed E-state index contributed by atoms with van der Waals surface area (Å²) in [7, 11) is 0. The molecule has 0 aliphatic rings. The minimum Gasteiger partial charge on any atom is -0.474 e. The molecule has 8 nitrogen and oxygen atoms in total. The van der Waals surface area contributed by atoms with Gasteiger partial charge in [0, 0.05) is 11.8 Å². The number of H-pyrrole nitrogens is 1. The Kier molecular flexibility index (Phi) is 4.10. The summed E-state index contributed by atoms with van der Waals surface area (Å²) in [5, 5.41) is 18.5. The molecule has 1 amide bonds. The highest BCUT2D eigenvalue weighted by Crippen LogP contribution is 2.20. The summed E-state index contributed by atoms with van der Waals surface area (Å²) in [5.41, 5.74) is 5.31. The van der Waals surface area contributed by atoms with Crippen LogP contribution in [-0.4, -0.2) is 38.2 Å². The van der Waals surface area contributed by atoms with Crippen molar-refractivity contribution in [2.75, 3.05) is 6.61 Å². The van der Waals surface area contributed by atoms with E-state index in [0.29, 0.717) is 16.7 Å². The van der Waals surface area contributed by atoms with Crippen molar-refractivity contribution >= 4 is 23.1 Å². The molecular weight excluding hydrogens is 286 g/mol. The maximum absolute atomic E-state index is 11.1. The molecule has 0 saturated carbocycles. The van der Waals surface area contributed by atoms with Gasteiger partial charge in [-0.25, -0.2) is 9.97 Å². The van der Waals surface area contributed by atoms with Crippen LogP contribution in [0, 0.1) is 11.3 Å². The Hall–Kier alpha value is -2.92. The molecule has 2 rings (SSSR count). The monoisotopic (exact) mass is 301 g/mol. The molecule has 0 fully saturated rings. The third-order valence-corrected chi connectivity index (χ3v) is 2.65. The first kappa shape index (κ1) is 15.5. The first-order valence-electron chi connectivity index (χ1n) is 6.41. The first-order valence-corrected chi connectivity index (χ1v) is 6.41. The van der Waals surface area contributed by atoms with Crippen molar-refractivity contribution in [2.45, 2.75) is 19.4 Å². The van der Waals surface area contributed by atoms with Crippen molar-refractivity contribution in [3.05, 3.63) is 23.5 Å². The number of nitriles is 1. The zero-order valence-electron chi connectivity index (χ0n) is 12.1. The number of ether oxygens (including phenoxy) is 1. The van der Waals surface area contributed by atoms with Gasteiger partial charge in [0.25, 0.3) is 5.91 Å². The van der Waals surface area contributed by atoms with Crippen molar-refractivity contribution in [3.63, 3.8) is 0 Å². The van der Waals surface area contributed by atoms with Crippen LogP contribution < -0.4 is 10.5 Å². The number of nitrogens with two attached hydrogens (primary N) is 1. The van der Waals surface area contributed by atoms with Crippen molar-refractivity contribution in [3.8, 4) is 11.9 Å². The van der Waals surface area contributed by atoms with Crippen LogP contribution in [0.25, 0.3) is 17.2 Å². The number of nitrogens with zero attached hydrogens (tertiary/aromatic N) is 3. The molecule has 8 heteroatoms. The van der Waals surface area contributed by atoms with Crippen LogP contribution in [0.3, 0.4) is 0 Å². The van der Waals surface area contributed by atoms with Crippen molar-refractivity contribution in [1.29, 1.82) is 5.26 Å². The molecule has 2 aromatic rings. The smallest absolute Gasteiger partial charge is 0.259 e. The van der Waals surface area contributed by atoms with Gasteiger partial charge in [0.2, 0.25) is 5.88 Å². The van der Waals surface area contributed by atoms with Crippen LogP contribution in [-0.2, 0) is 4.79 Å². The van der Waals surface area contributed by atoms with Crippen molar-refractivity contribution in [1.82, 2.24) is 15.0 Å². The summed E-state index contributed by atoms with van der Waals surface area (Å²) in [6.07, 6.45) is 4.30. The van der Waals surface area contributed by atoms with E-state index in [4.69, 9.17) is 15.7 Å². The SMILES string of the molecule is CC(C)(O)COc1cnc2[nH]cc(/C=C(\C#N)C(N)=O)c2n1. The molecule has 0 bridgehead atoms. The number of primary amides is 1. The summed E-state index contributed by atoms with van der Waals surface area (Å²) in [6, 6.07) is 1.72. The van der Waals surface area contributed by atoms with Crippen LogP contribution in [0.15, 0.2) is 18.0 Å². The van der Waals surface area contributed by atoms with Gasteiger partial charge in [-0.15, -0.1) is 0 Å². The summed E-state index contributed by atoms with van der Waals surface area (Å²) in [6.45, 7) is 3.26. The van der Waals surface area contributed by atoms with Crippen LogP contribution in [0.5, 0.6) is 5.88 Å². The summed E-state index contributed by atoms with van der Waals surface area (Å²) < 4.78 is 5.37. The highest BCUT2D eigenvalue weighted by Gasteiger charge is 2.15. The summed E-state index contributed by atoms with van der Waals surface area (Å²) >= 11 is 0. The van der Waals surface area contributed by atoms with E-state index in [-0.39, 0.29) is 18.1 Å². The van der Waals surface area contributed by atoms with Crippen LogP contribution >= 0.6 is 0 Å². The van der Waals surface area contributed by atoms with Crippen LogP contribution in [0.4, 0.5) is 0 Å². The summed E-state index contributed by atoms with van der Waals surface area (Å²) in [4.78, 5) is 22.4. The highest BCUT2D eigenvalue weighted by molar-refractivity contribution is 6.02. The fourth-order valence-electron chi connectivity index (χ4n) is 1.64. The normalized spacial score (nSPS) is 12.2. The second-order valence-electron chi connectivity index (χ2n) is 5.28. The van der Waals surface area contributed by atoms with Gasteiger partial charge in [-0.1, -0.05) is 0 Å². The average molecular weight is 301 g/mol. The van der Waals surface area contributed by atoms with E-state index in [9.17, 15) is 9.90 Å². The van der Waals surface area contributed by atoms with Crippen LogP contribution in [0.2, 0.25) is 0 Å². The number of hydrogen-bond acceptors (Lipinski definition) is 6. The second-order valence-corrected chi connectivity index (χ2v) is 5.28. The molecule has 0 atom stereocenters. The van der Waals surface area contributed by atoms with Gasteiger partial charge in [0.15, 0.2) is 5.65 Å². The first-order chi connectivity index (χ1) is 10.3. The number of aliphatic hydroxyl groups is 1. The highest BCUT2D eigenvalue weighted by atomic mass is 16.5. The molecule has 2 aromatic heterocycles. The Morgan fingerprint density at radius 3 is 2.95 bits per heavy atom. The number of nitrogens with one attached hydrogen (secondary N) is 1. The predicted octanol–water partition coefficient (Wildman–Crippen LogP) is 0.500. The van der Waals surface area contributed by atoms with E-state index < -0.39 is 11.5 Å². The molecule has 0 aliphatic carbocycles. The zero-order chi connectivity index (χ0) is 16.3. The standard InChI is InChI=1S/C14H15N5O3/c1-14(2,21)7-22-10-6-18-13-11(19-10)9(5-17-13)3-8(4-15)12(16)20/h3,5-6,21H,7H2,1-2H3,(H2,16,20)(H,17,18)/b8-3+. The maximum Gasteiger partial charge on any atom is 0.259 e. The van der Waals surface area contributed by atoms with E-state index in [1.54, 1.807) is 26.1 Å². The molecular formula is C14H15N5O3. The molecule has 0 unspecified atom stereocenters. The lowest BCUT2D eigenvalue weighted by molar-refractivity contribution is -0.114. The molecule has 0 aliphatic heterocycles. The van der Waals surface area contributed by atoms with Crippen molar-refractivity contribution < 1.29 is 14.6 Å². The fraction of sp³-hybridized carbons (Fsp3) is 0.286. The number of aromatic nitrogens is 3. The Labute approximate surface area is 126 Å². The lowest BCUT2D eigenvalue weighted by atomic mass is 10.2. The van der Waals surface area contributed by atoms with E-state index in [1.165, 1.54) is 12.3 Å². The molecule has 0 aromatic carbocycles. The quantitative estimate of drug-likeness (QED) is 0.543. The lowest BCUT2D eigenvalue weighted by Gasteiger charge is -2.16. The number of rotatable bonds is 5. The minimum absolute atomic E-state index is 0.0491. The van der Waals surface area contributed by atoms with Gasteiger partial charge < -0.3 is 20.6 Å². The molecule has 0 radical (unpaired) electrons. The third kappa shape index (κ3) is 3.59. The zero-order valence-corrected chi connectivity index (χ0v) is 12.1. The molecule has 114 valence electrons. The largest absolute Gasteiger partial charge is 0.474 e. The Morgan fingerprint density at radius 1 is 1.64 bits per heavy atom. The fourth-order valence-corrected chi connectivity index (χ4v) is 1.64. The third-order valence-electron chi connectivity index (χ3n) is 2.65. The van der Waals surface area contributed by atoms with E-state index in [1.807, 2.05) is 0 Å². The second kappa shape index (κ2) is 5.83. The number of carbonyl (C=O) groups is 1. The Bertz CT molecular complexity index is 780. The van der Waals surface area contributed by atoms with Gasteiger partial charge >= 0.3 is 0 Å². The van der Waals surface area contributed by atoms with Gasteiger partial charge in [0.1, 0.15) is 23.8 Å². The maximum atomic E-state index is 11.1. The lowest BCUT2D eigenvalue weighted by Crippen LogP contribution is -2.28. The van der Waals surface area contributed by atoms with E-state index in [0.717, 1.165) is 0 Å². The van der Waals surface area contributed by atoms with E-state index >= 15 is 0 Å². The van der Waals surface area contributed by atoms with Crippen molar-refractivity contribution in [2.24, 2.45) is 5.73 Å². The minimum atomic E-state index is -1.00. The molecule has 2 heterocycles. The number of carbonyl (C=O) groups excluding carboxylic acids is 1. The summed E-state index contributed by atoms with van der Waals surface area (Å²) in [5.74, 6) is -0.597. The molecule has 4 N–H and O–H groups in total. The van der Waals surface area contributed by atoms with Gasteiger partial charge in [0.05, 0.1) is 11.8 Å². The number of aromatic amines is 1. The van der Waals surface area contributed by atoms with Gasteiger partial charge in [-0.3, -0.25) is 4.79 Å². The predicted molar refractivity (Wildman–Crippen MR) is 78.5 cm³/mol. The van der Waals surface area contributed by atoms with Gasteiger partial charge in [-0.2, -0.15) is 5.26 Å².